The first-order chi connectivity index (χ1) is 8.49. The first-order valence-corrected chi connectivity index (χ1v) is 7.46. The minimum atomic E-state index is -3.77. The van der Waals surface area contributed by atoms with Crippen LogP contribution in [0.15, 0.2) is 23.1 Å². The Morgan fingerprint density at radius 3 is 2.74 bits per heavy atom. The smallest absolute Gasteiger partial charge is 0.243 e. The molecule has 1 aromatic carbocycles. The van der Waals surface area contributed by atoms with Gasteiger partial charge in [0.2, 0.25) is 10.0 Å². The minimum Gasteiger partial charge on any atom is -0.315 e. The van der Waals surface area contributed by atoms with Gasteiger partial charge in [-0.25, -0.2) is 17.5 Å². The Bertz CT molecular complexity index is 531. The summed E-state index contributed by atoms with van der Waals surface area (Å²) in [6.07, 6.45) is 1.70. The second-order valence-electron chi connectivity index (χ2n) is 4.60. The Labute approximate surface area is 119 Å². The second-order valence-corrected chi connectivity index (χ2v) is 6.28. The number of sulfonamides is 1. The van der Waals surface area contributed by atoms with E-state index in [2.05, 4.69) is 10.0 Å². The summed E-state index contributed by atoms with van der Waals surface area (Å²) in [6.45, 7) is 3.21. The molecule has 4 nitrogen and oxygen atoms in total. The Balaban J connectivity index is 0.00000180. The maximum Gasteiger partial charge on any atom is 0.243 e. The van der Waals surface area contributed by atoms with Gasteiger partial charge in [0.25, 0.3) is 0 Å². The molecule has 1 heterocycles. The molecule has 2 rings (SSSR count). The molecule has 1 saturated heterocycles. The Kier molecular flexibility index (Phi) is 5.73. The molecule has 1 fully saturated rings. The van der Waals surface area contributed by atoms with Crippen molar-refractivity contribution in [1.82, 2.24) is 10.0 Å². The van der Waals surface area contributed by atoms with Crippen molar-refractivity contribution in [2.45, 2.75) is 30.7 Å². The van der Waals surface area contributed by atoms with Gasteiger partial charge in [0.15, 0.2) is 0 Å². The number of hydrogen-bond donors (Lipinski definition) is 2. The van der Waals surface area contributed by atoms with Crippen LogP contribution in [-0.4, -0.2) is 27.5 Å². The van der Waals surface area contributed by atoms with E-state index in [0.29, 0.717) is 12.1 Å². The molecule has 1 unspecified atom stereocenters. The van der Waals surface area contributed by atoms with E-state index in [9.17, 15) is 12.8 Å². The number of nitrogens with one attached hydrogen (secondary N) is 2. The summed E-state index contributed by atoms with van der Waals surface area (Å²) in [5, 5.41) is 3.11. The van der Waals surface area contributed by atoms with Crippen LogP contribution in [0.4, 0.5) is 4.39 Å². The van der Waals surface area contributed by atoms with Crippen LogP contribution in [-0.2, 0) is 10.0 Å². The highest BCUT2D eigenvalue weighted by molar-refractivity contribution is 7.89. The number of hydrogen-bond acceptors (Lipinski definition) is 3. The molecule has 108 valence electrons. The number of halogens is 2. The molecule has 0 radical (unpaired) electrons. The third-order valence-corrected chi connectivity index (χ3v) is 4.55. The predicted molar refractivity (Wildman–Crippen MR) is 74.6 cm³/mol. The zero-order valence-corrected chi connectivity index (χ0v) is 12.3. The van der Waals surface area contributed by atoms with Crippen LogP contribution in [0.25, 0.3) is 0 Å². The molecule has 7 heteroatoms. The van der Waals surface area contributed by atoms with Crippen LogP contribution < -0.4 is 10.0 Å². The van der Waals surface area contributed by atoms with Gasteiger partial charge in [0.05, 0.1) is 0 Å². The summed E-state index contributed by atoms with van der Waals surface area (Å²) in [6, 6.07) is 3.97. The van der Waals surface area contributed by atoms with Gasteiger partial charge in [-0.15, -0.1) is 12.4 Å². The number of aryl methyl sites for hydroxylation is 1. The van der Waals surface area contributed by atoms with Crippen LogP contribution in [0, 0.1) is 12.7 Å². The lowest BCUT2D eigenvalue weighted by Gasteiger charge is -2.23. The molecular formula is C12H18ClFN2O2S. The Morgan fingerprint density at radius 2 is 2.16 bits per heavy atom. The highest BCUT2D eigenvalue weighted by Crippen LogP contribution is 2.16. The molecule has 1 aliphatic heterocycles. The van der Waals surface area contributed by atoms with E-state index in [1.54, 1.807) is 13.0 Å². The van der Waals surface area contributed by atoms with Gasteiger partial charge in [-0.05, 0) is 44.0 Å². The van der Waals surface area contributed by atoms with Crippen LogP contribution in [0.3, 0.4) is 0 Å². The van der Waals surface area contributed by atoms with E-state index in [0.717, 1.165) is 19.4 Å². The van der Waals surface area contributed by atoms with Crippen molar-refractivity contribution in [1.29, 1.82) is 0 Å². The number of piperidine rings is 1. The van der Waals surface area contributed by atoms with Crippen LogP contribution >= 0.6 is 12.4 Å². The normalized spacial score (nSPS) is 19.8. The second kappa shape index (κ2) is 6.65. The standard InChI is InChI=1S/C12H17FN2O2S.ClH/c1-9-4-5-12(11(13)7-9)18(16,17)15-10-3-2-6-14-8-10;/h4-5,7,10,14-15H,2-3,6,8H2,1H3;1H. The molecule has 1 aromatic rings. The summed E-state index contributed by atoms with van der Waals surface area (Å²) < 4.78 is 40.3. The molecule has 0 amide bonds. The molecule has 2 N–H and O–H groups in total. The highest BCUT2D eigenvalue weighted by atomic mass is 35.5. The monoisotopic (exact) mass is 308 g/mol. The summed E-state index contributed by atoms with van der Waals surface area (Å²) in [4.78, 5) is -0.279. The summed E-state index contributed by atoms with van der Waals surface area (Å²) in [5.41, 5.74) is 0.700. The molecule has 0 spiro atoms. The van der Waals surface area contributed by atoms with E-state index in [-0.39, 0.29) is 23.3 Å². The zero-order chi connectivity index (χ0) is 13.2. The zero-order valence-electron chi connectivity index (χ0n) is 10.6. The number of benzene rings is 1. The molecule has 0 bridgehead atoms. The van der Waals surface area contributed by atoms with E-state index < -0.39 is 15.8 Å². The summed E-state index contributed by atoms with van der Waals surface area (Å²) >= 11 is 0. The largest absolute Gasteiger partial charge is 0.315 e. The fraction of sp³-hybridized carbons (Fsp3) is 0.500. The molecule has 0 aromatic heterocycles. The van der Waals surface area contributed by atoms with E-state index in [4.69, 9.17) is 0 Å². The van der Waals surface area contributed by atoms with Crippen LogP contribution in [0.5, 0.6) is 0 Å². The first-order valence-electron chi connectivity index (χ1n) is 5.98. The van der Waals surface area contributed by atoms with Crippen molar-refractivity contribution in [3.8, 4) is 0 Å². The summed E-state index contributed by atoms with van der Waals surface area (Å²) in [5.74, 6) is -0.703. The molecule has 19 heavy (non-hydrogen) atoms. The van der Waals surface area contributed by atoms with Crippen molar-refractivity contribution < 1.29 is 12.8 Å². The Morgan fingerprint density at radius 1 is 1.42 bits per heavy atom. The van der Waals surface area contributed by atoms with Gasteiger partial charge < -0.3 is 5.32 Å². The van der Waals surface area contributed by atoms with Crippen molar-refractivity contribution >= 4 is 22.4 Å². The van der Waals surface area contributed by atoms with Gasteiger partial charge in [-0.2, -0.15) is 0 Å². The van der Waals surface area contributed by atoms with Crippen molar-refractivity contribution in [3.63, 3.8) is 0 Å². The van der Waals surface area contributed by atoms with Gasteiger partial charge >= 0.3 is 0 Å². The quantitative estimate of drug-likeness (QED) is 0.891. The third kappa shape index (κ3) is 4.14. The molecule has 1 aliphatic rings. The van der Waals surface area contributed by atoms with E-state index >= 15 is 0 Å². The van der Waals surface area contributed by atoms with Gasteiger partial charge in [-0.1, -0.05) is 6.07 Å². The van der Waals surface area contributed by atoms with E-state index in [1.807, 2.05) is 0 Å². The fourth-order valence-corrected chi connectivity index (χ4v) is 3.39. The first kappa shape index (κ1) is 16.4. The molecule has 0 saturated carbocycles. The maximum atomic E-state index is 13.7. The SMILES string of the molecule is Cc1ccc(S(=O)(=O)NC2CCCNC2)c(F)c1.Cl. The minimum absolute atomic E-state index is 0. The van der Waals surface area contributed by atoms with Crippen molar-refractivity contribution in [3.05, 3.63) is 29.6 Å². The maximum absolute atomic E-state index is 13.7. The Hall–Kier alpha value is -0.690. The van der Waals surface area contributed by atoms with Gasteiger partial charge in [-0.3, -0.25) is 0 Å². The van der Waals surface area contributed by atoms with Crippen molar-refractivity contribution in [2.75, 3.05) is 13.1 Å². The van der Waals surface area contributed by atoms with Crippen LogP contribution in [0.1, 0.15) is 18.4 Å². The topological polar surface area (TPSA) is 58.2 Å². The predicted octanol–water partition coefficient (Wildman–Crippen LogP) is 1.59. The lowest BCUT2D eigenvalue weighted by molar-refractivity contribution is 0.427. The fourth-order valence-electron chi connectivity index (χ4n) is 2.06. The lowest BCUT2D eigenvalue weighted by Crippen LogP contribution is -2.45. The average molecular weight is 309 g/mol. The molecule has 0 aliphatic carbocycles. The van der Waals surface area contributed by atoms with E-state index in [1.165, 1.54) is 12.1 Å². The lowest BCUT2D eigenvalue weighted by atomic mass is 10.1. The highest BCUT2D eigenvalue weighted by Gasteiger charge is 2.24. The molecular weight excluding hydrogens is 291 g/mol. The summed E-state index contributed by atoms with van der Waals surface area (Å²) in [7, 11) is -3.77. The average Bonchev–Trinajstić information content (AvgIpc) is 2.29. The third-order valence-electron chi connectivity index (χ3n) is 3.00. The van der Waals surface area contributed by atoms with Gasteiger partial charge in [0, 0.05) is 12.6 Å². The van der Waals surface area contributed by atoms with Crippen LogP contribution in [0.2, 0.25) is 0 Å². The molecule has 1 atom stereocenters. The van der Waals surface area contributed by atoms with Crippen molar-refractivity contribution in [2.24, 2.45) is 0 Å². The number of rotatable bonds is 3. The van der Waals surface area contributed by atoms with Gasteiger partial charge in [0.1, 0.15) is 10.7 Å².